The number of halogens is 1. The van der Waals surface area contributed by atoms with Crippen LogP contribution in [0.5, 0.6) is 5.75 Å². The topological polar surface area (TPSA) is 194 Å². The number of carbonyl (C=O) groups is 1. The van der Waals surface area contributed by atoms with Crippen LogP contribution in [0, 0.1) is 0 Å². The Morgan fingerprint density at radius 3 is 2.54 bits per heavy atom. The second-order valence-electron chi connectivity index (χ2n) is 8.98. The lowest BCUT2D eigenvalue weighted by Gasteiger charge is -2.29. The molecular weight excluding hydrogens is 542 g/mol. The van der Waals surface area contributed by atoms with Crippen molar-refractivity contribution in [1.82, 2.24) is 14.3 Å². The standard InChI is InChI=1S/C23H30FN4O10P/c1-5-22(33)19(31)23(24,37-20(22)27-12-11-17(29)28(25)21(27)32)13-35-39(34,38-16-9-7-6-8-10-16)26-15(4)18(30)36-14(2)3/h5-12,14-15,19-20,31,33H,1,13,25H2,2-4H3,(H,26,34)/t15?,19-,20-,22+,23+,39?/m0/s1. The maximum absolute atomic E-state index is 16.1. The van der Waals surface area contributed by atoms with E-state index < -0.39 is 67.5 Å². The van der Waals surface area contributed by atoms with Crippen LogP contribution in [0.1, 0.15) is 27.0 Å². The number of nitrogens with one attached hydrogen (secondary N) is 1. The molecule has 1 aliphatic heterocycles. The minimum atomic E-state index is -4.61. The number of para-hydroxylation sites is 1. The van der Waals surface area contributed by atoms with E-state index >= 15 is 4.39 Å². The zero-order chi connectivity index (χ0) is 29.2. The number of nitrogens with two attached hydrogens (primary N) is 1. The van der Waals surface area contributed by atoms with Crippen LogP contribution in [-0.4, -0.2) is 61.7 Å². The summed E-state index contributed by atoms with van der Waals surface area (Å²) in [6.07, 6.45) is -3.33. The Morgan fingerprint density at radius 1 is 1.31 bits per heavy atom. The molecule has 0 bridgehead atoms. The average Bonchev–Trinajstić information content (AvgIpc) is 3.08. The number of aliphatic hydroxyl groups is 2. The summed E-state index contributed by atoms with van der Waals surface area (Å²) in [6.45, 7) is 6.55. The molecule has 1 aliphatic rings. The van der Waals surface area contributed by atoms with Crippen LogP contribution in [0.15, 0.2) is 64.8 Å². The number of aliphatic hydroxyl groups excluding tert-OH is 1. The first-order valence-corrected chi connectivity index (χ1v) is 13.2. The molecule has 2 heterocycles. The van der Waals surface area contributed by atoms with Gasteiger partial charge < -0.3 is 30.1 Å². The van der Waals surface area contributed by atoms with Gasteiger partial charge in [0.05, 0.1) is 6.10 Å². The molecule has 2 aromatic rings. The number of nitrogen functional groups attached to an aromatic ring is 1. The lowest BCUT2D eigenvalue weighted by Crippen LogP contribution is -2.52. The maximum atomic E-state index is 16.1. The predicted molar refractivity (Wildman–Crippen MR) is 135 cm³/mol. The fraction of sp³-hybridized carbons (Fsp3) is 0.435. The van der Waals surface area contributed by atoms with Crippen LogP contribution in [0.4, 0.5) is 4.39 Å². The highest BCUT2D eigenvalue weighted by molar-refractivity contribution is 7.52. The molecule has 16 heteroatoms. The molecular formula is C23H30FN4O10P. The fourth-order valence-corrected chi connectivity index (χ4v) is 5.13. The van der Waals surface area contributed by atoms with Gasteiger partial charge in [-0.25, -0.2) is 13.8 Å². The number of alkyl halides is 1. The Bertz CT molecular complexity index is 1370. The second-order valence-corrected chi connectivity index (χ2v) is 10.7. The average molecular weight is 572 g/mol. The Morgan fingerprint density at radius 2 is 1.95 bits per heavy atom. The van der Waals surface area contributed by atoms with E-state index in [0.29, 0.717) is 4.57 Å². The molecule has 214 valence electrons. The molecule has 0 radical (unpaired) electrons. The smallest absolute Gasteiger partial charge is 0.459 e. The molecule has 3 rings (SSSR count). The second kappa shape index (κ2) is 11.4. The Kier molecular flexibility index (Phi) is 8.85. The third-order valence-corrected chi connectivity index (χ3v) is 7.25. The lowest BCUT2D eigenvalue weighted by atomic mass is 9.93. The van der Waals surface area contributed by atoms with E-state index in [1.165, 1.54) is 19.1 Å². The SMILES string of the molecule is C=C[C@]1(O)[C@@H](n2ccc(=O)n(N)c2=O)O[C@](F)(COP(=O)(NC(C)C(=O)OC(C)C)Oc2ccccc2)[C@H]1O. The molecule has 0 aliphatic carbocycles. The fourth-order valence-electron chi connectivity index (χ4n) is 3.62. The highest BCUT2D eigenvalue weighted by Crippen LogP contribution is 2.50. The molecule has 0 saturated carbocycles. The zero-order valence-electron chi connectivity index (χ0n) is 21.3. The Balaban J connectivity index is 1.92. The highest BCUT2D eigenvalue weighted by atomic mass is 31.2. The molecule has 0 spiro atoms. The summed E-state index contributed by atoms with van der Waals surface area (Å²) in [7, 11) is -4.61. The first-order chi connectivity index (χ1) is 18.2. The molecule has 1 saturated heterocycles. The van der Waals surface area contributed by atoms with E-state index in [-0.39, 0.29) is 10.4 Å². The van der Waals surface area contributed by atoms with Gasteiger partial charge in [-0.15, -0.1) is 0 Å². The number of carbonyl (C=O) groups excluding carboxylic acids is 1. The molecule has 2 unspecified atom stereocenters. The van der Waals surface area contributed by atoms with E-state index in [1.807, 2.05) is 0 Å². The van der Waals surface area contributed by atoms with Gasteiger partial charge in [-0.3, -0.25) is 18.7 Å². The van der Waals surface area contributed by atoms with Gasteiger partial charge in [0, 0.05) is 12.3 Å². The van der Waals surface area contributed by atoms with Gasteiger partial charge in [-0.1, -0.05) is 30.9 Å². The summed E-state index contributed by atoms with van der Waals surface area (Å²) in [6, 6.07) is 7.19. The number of ether oxygens (including phenoxy) is 2. The van der Waals surface area contributed by atoms with Gasteiger partial charge in [0.25, 0.3) is 11.4 Å². The summed E-state index contributed by atoms with van der Waals surface area (Å²) in [5.41, 5.74) is -4.75. The van der Waals surface area contributed by atoms with Gasteiger partial charge >= 0.3 is 19.4 Å². The van der Waals surface area contributed by atoms with Crippen molar-refractivity contribution in [2.45, 2.75) is 56.7 Å². The van der Waals surface area contributed by atoms with Gasteiger partial charge in [0.15, 0.2) is 17.9 Å². The summed E-state index contributed by atoms with van der Waals surface area (Å²) < 4.78 is 51.4. The lowest BCUT2D eigenvalue weighted by molar-refractivity contribution is -0.204. The number of rotatable bonds is 11. The number of hydrogen-bond acceptors (Lipinski definition) is 11. The van der Waals surface area contributed by atoms with Crippen molar-refractivity contribution in [3.8, 4) is 5.75 Å². The normalized spacial score (nSPS) is 27.1. The van der Waals surface area contributed by atoms with Crippen LogP contribution in [-0.2, 0) is 23.4 Å². The summed E-state index contributed by atoms with van der Waals surface area (Å²) in [4.78, 5) is 36.5. The minimum Gasteiger partial charge on any atom is -0.462 e. The van der Waals surface area contributed by atoms with Gasteiger partial charge in [-0.2, -0.15) is 9.76 Å². The van der Waals surface area contributed by atoms with Crippen molar-refractivity contribution in [2.75, 3.05) is 12.4 Å². The number of nitrogens with zero attached hydrogens (tertiary/aromatic N) is 2. The van der Waals surface area contributed by atoms with Crippen LogP contribution in [0.3, 0.4) is 0 Å². The molecule has 14 nitrogen and oxygen atoms in total. The van der Waals surface area contributed by atoms with Crippen molar-refractivity contribution >= 4 is 13.7 Å². The van der Waals surface area contributed by atoms with Crippen LogP contribution in [0.2, 0.25) is 0 Å². The van der Waals surface area contributed by atoms with E-state index in [9.17, 15) is 29.2 Å². The van der Waals surface area contributed by atoms with Crippen molar-refractivity contribution < 1.29 is 42.5 Å². The van der Waals surface area contributed by atoms with Crippen LogP contribution in [0.25, 0.3) is 0 Å². The van der Waals surface area contributed by atoms with Gasteiger partial charge in [-0.05, 0) is 32.9 Å². The highest BCUT2D eigenvalue weighted by Gasteiger charge is 2.65. The Labute approximate surface area is 221 Å². The number of hydrogen-bond donors (Lipinski definition) is 4. The molecule has 1 aromatic heterocycles. The van der Waals surface area contributed by atoms with Crippen molar-refractivity contribution in [2.24, 2.45) is 0 Å². The summed E-state index contributed by atoms with van der Waals surface area (Å²) >= 11 is 0. The van der Waals surface area contributed by atoms with Crippen molar-refractivity contribution in [3.05, 3.63) is 76.1 Å². The number of esters is 1. The molecule has 1 aromatic carbocycles. The monoisotopic (exact) mass is 572 g/mol. The third kappa shape index (κ3) is 6.30. The first-order valence-electron chi connectivity index (χ1n) is 11.6. The quantitative estimate of drug-likeness (QED) is 0.125. The molecule has 6 atom stereocenters. The van der Waals surface area contributed by atoms with E-state index in [0.717, 1.165) is 18.3 Å². The van der Waals surface area contributed by atoms with E-state index in [1.54, 1.807) is 32.0 Å². The van der Waals surface area contributed by atoms with Gasteiger partial charge in [0.2, 0.25) is 0 Å². The molecule has 39 heavy (non-hydrogen) atoms. The largest absolute Gasteiger partial charge is 0.462 e. The predicted octanol–water partition coefficient (Wildman–Crippen LogP) is 0.330. The van der Waals surface area contributed by atoms with E-state index in [2.05, 4.69) is 11.7 Å². The molecule has 5 N–H and O–H groups in total. The van der Waals surface area contributed by atoms with E-state index in [4.69, 9.17) is 24.4 Å². The molecule has 0 amide bonds. The number of benzene rings is 1. The number of aromatic nitrogens is 2. The van der Waals surface area contributed by atoms with Gasteiger partial charge in [0.1, 0.15) is 18.4 Å². The van der Waals surface area contributed by atoms with Crippen LogP contribution >= 0.6 is 7.75 Å². The zero-order valence-corrected chi connectivity index (χ0v) is 22.2. The summed E-state index contributed by atoms with van der Waals surface area (Å²) in [5.74, 6) is 1.30. The van der Waals surface area contributed by atoms with Crippen molar-refractivity contribution in [3.63, 3.8) is 0 Å². The first kappa shape index (κ1) is 30.2. The van der Waals surface area contributed by atoms with Crippen LogP contribution < -0.4 is 26.7 Å². The summed E-state index contributed by atoms with van der Waals surface area (Å²) in [5, 5.41) is 24.1. The molecule has 1 fully saturated rings. The van der Waals surface area contributed by atoms with Crippen molar-refractivity contribution in [1.29, 1.82) is 0 Å². The Hall–Kier alpha value is -3.33. The minimum absolute atomic E-state index is 0.0239. The maximum Gasteiger partial charge on any atom is 0.459 e. The third-order valence-electron chi connectivity index (χ3n) is 5.63.